The predicted molar refractivity (Wildman–Crippen MR) is 53.1 cm³/mol. The Morgan fingerprint density at radius 1 is 1.46 bits per heavy atom. The number of pyridine rings is 1. The maximum Gasteiger partial charge on any atom is 0.129 e. The zero-order chi connectivity index (χ0) is 10.1. The molecule has 0 saturated heterocycles. The Kier molecular flexibility index (Phi) is 2.71. The van der Waals surface area contributed by atoms with Gasteiger partial charge in [-0.15, -0.1) is 0 Å². The normalized spacial score (nSPS) is 11.4. The van der Waals surface area contributed by atoms with E-state index in [0.29, 0.717) is 5.15 Å². The molecule has 1 rings (SSSR count). The van der Waals surface area contributed by atoms with Crippen molar-refractivity contribution < 1.29 is 4.79 Å². The van der Waals surface area contributed by atoms with Gasteiger partial charge in [-0.1, -0.05) is 11.6 Å². The highest BCUT2D eigenvalue weighted by molar-refractivity contribution is 6.29. The molecule has 0 amide bonds. The molecular weight excluding hydrogens is 186 g/mol. The summed E-state index contributed by atoms with van der Waals surface area (Å²) >= 11 is 5.79. The Bertz CT molecular complexity index is 313. The zero-order valence-corrected chi connectivity index (χ0v) is 8.72. The first-order valence-corrected chi connectivity index (χ1v) is 4.44. The molecule has 1 aromatic rings. The van der Waals surface area contributed by atoms with Crippen molar-refractivity contribution in [3.8, 4) is 0 Å². The van der Waals surface area contributed by atoms with Crippen molar-refractivity contribution in [1.82, 2.24) is 4.98 Å². The molecule has 0 aromatic carbocycles. The van der Waals surface area contributed by atoms with Crippen molar-refractivity contribution >= 4 is 17.9 Å². The van der Waals surface area contributed by atoms with E-state index in [1.165, 1.54) is 0 Å². The van der Waals surface area contributed by atoms with Gasteiger partial charge in [0.15, 0.2) is 0 Å². The number of carbonyl (C=O) groups is 1. The van der Waals surface area contributed by atoms with Gasteiger partial charge in [0.05, 0.1) is 0 Å². The number of carbonyl (C=O) groups excluding carboxylic acids is 1. The third-order valence-electron chi connectivity index (χ3n) is 1.96. The van der Waals surface area contributed by atoms with Crippen molar-refractivity contribution in [3.05, 3.63) is 28.5 Å². The Hall–Kier alpha value is -0.890. The van der Waals surface area contributed by atoms with Crippen LogP contribution in [-0.4, -0.2) is 11.3 Å². The maximum absolute atomic E-state index is 10.8. The van der Waals surface area contributed by atoms with E-state index in [2.05, 4.69) is 4.98 Å². The van der Waals surface area contributed by atoms with Gasteiger partial charge in [-0.2, -0.15) is 0 Å². The molecule has 0 aliphatic heterocycles. The number of aryl methyl sites for hydroxylation is 1. The van der Waals surface area contributed by atoms with Gasteiger partial charge in [0.1, 0.15) is 11.4 Å². The summed E-state index contributed by atoms with van der Waals surface area (Å²) < 4.78 is 0. The van der Waals surface area contributed by atoms with Gasteiger partial charge in [-0.3, -0.25) is 0 Å². The monoisotopic (exact) mass is 197 g/mol. The average molecular weight is 198 g/mol. The molecule has 1 aromatic heterocycles. The van der Waals surface area contributed by atoms with Crippen LogP contribution in [-0.2, 0) is 10.2 Å². The number of aldehydes is 1. The molecule has 3 heteroatoms. The lowest BCUT2D eigenvalue weighted by Gasteiger charge is -2.17. The number of nitrogens with zero attached hydrogens (tertiary/aromatic N) is 1. The molecule has 0 radical (unpaired) electrons. The highest BCUT2D eigenvalue weighted by Crippen LogP contribution is 2.23. The fourth-order valence-electron chi connectivity index (χ4n) is 1.07. The van der Waals surface area contributed by atoms with Crippen LogP contribution in [0, 0.1) is 6.92 Å². The van der Waals surface area contributed by atoms with Crippen LogP contribution < -0.4 is 0 Å². The standard InChI is InChI=1S/C10H12ClNO/c1-7-4-8(5-9(11)12-7)10(2,3)6-13/h4-6H,1-3H3. The van der Waals surface area contributed by atoms with Crippen LogP contribution in [0.2, 0.25) is 5.15 Å². The van der Waals surface area contributed by atoms with E-state index < -0.39 is 5.41 Å². The number of hydrogen-bond donors (Lipinski definition) is 0. The topological polar surface area (TPSA) is 30.0 Å². The van der Waals surface area contributed by atoms with Gasteiger partial charge in [0.2, 0.25) is 0 Å². The molecule has 0 aliphatic carbocycles. The minimum atomic E-state index is -0.489. The Morgan fingerprint density at radius 2 is 2.08 bits per heavy atom. The molecule has 13 heavy (non-hydrogen) atoms. The van der Waals surface area contributed by atoms with Gasteiger partial charge in [0, 0.05) is 11.1 Å². The summed E-state index contributed by atoms with van der Waals surface area (Å²) in [5, 5.41) is 0.435. The molecule has 0 spiro atoms. The van der Waals surface area contributed by atoms with Crippen LogP contribution in [0.4, 0.5) is 0 Å². The fraction of sp³-hybridized carbons (Fsp3) is 0.400. The van der Waals surface area contributed by atoms with E-state index in [-0.39, 0.29) is 0 Å². The first-order valence-electron chi connectivity index (χ1n) is 4.07. The van der Waals surface area contributed by atoms with Crippen LogP contribution in [0.3, 0.4) is 0 Å². The van der Waals surface area contributed by atoms with E-state index >= 15 is 0 Å². The third kappa shape index (κ3) is 2.28. The van der Waals surface area contributed by atoms with Crippen molar-refractivity contribution in [2.45, 2.75) is 26.2 Å². The lowest BCUT2D eigenvalue weighted by atomic mass is 9.87. The highest BCUT2D eigenvalue weighted by Gasteiger charge is 2.20. The van der Waals surface area contributed by atoms with Gasteiger partial charge in [0.25, 0.3) is 0 Å². The summed E-state index contributed by atoms with van der Waals surface area (Å²) in [5.41, 5.74) is 1.24. The van der Waals surface area contributed by atoms with Crippen molar-refractivity contribution in [2.24, 2.45) is 0 Å². The molecule has 0 atom stereocenters. The maximum atomic E-state index is 10.8. The predicted octanol–water partition coefficient (Wildman–Crippen LogP) is 2.52. The van der Waals surface area contributed by atoms with Crippen LogP contribution >= 0.6 is 11.6 Å². The Balaban J connectivity index is 3.22. The second kappa shape index (κ2) is 3.46. The molecular formula is C10H12ClNO. The van der Waals surface area contributed by atoms with Gasteiger partial charge < -0.3 is 4.79 Å². The molecule has 0 bridgehead atoms. The van der Waals surface area contributed by atoms with E-state index in [4.69, 9.17) is 11.6 Å². The summed E-state index contributed by atoms with van der Waals surface area (Å²) in [7, 11) is 0. The second-order valence-electron chi connectivity index (χ2n) is 3.66. The Labute approximate surface area is 82.9 Å². The van der Waals surface area contributed by atoms with Crippen LogP contribution in [0.15, 0.2) is 12.1 Å². The van der Waals surface area contributed by atoms with Crippen LogP contribution in [0.5, 0.6) is 0 Å². The molecule has 0 unspecified atom stereocenters. The van der Waals surface area contributed by atoms with Gasteiger partial charge >= 0.3 is 0 Å². The largest absolute Gasteiger partial charge is 0.302 e. The highest BCUT2D eigenvalue weighted by atomic mass is 35.5. The van der Waals surface area contributed by atoms with Crippen LogP contribution in [0.25, 0.3) is 0 Å². The summed E-state index contributed by atoms with van der Waals surface area (Å²) in [4.78, 5) is 14.8. The van der Waals surface area contributed by atoms with Gasteiger partial charge in [-0.05, 0) is 38.5 Å². The minimum Gasteiger partial charge on any atom is -0.302 e. The molecule has 0 aliphatic rings. The van der Waals surface area contributed by atoms with Crippen LogP contribution in [0.1, 0.15) is 25.1 Å². The molecule has 70 valence electrons. The number of hydrogen-bond acceptors (Lipinski definition) is 2. The third-order valence-corrected chi connectivity index (χ3v) is 2.15. The summed E-state index contributed by atoms with van der Waals surface area (Å²) in [6.07, 6.45) is 0.915. The number of halogens is 1. The van der Waals surface area contributed by atoms with Crippen molar-refractivity contribution in [1.29, 1.82) is 0 Å². The summed E-state index contributed by atoms with van der Waals surface area (Å²) in [6, 6.07) is 3.60. The lowest BCUT2D eigenvalue weighted by Crippen LogP contribution is -2.18. The second-order valence-corrected chi connectivity index (χ2v) is 4.05. The zero-order valence-electron chi connectivity index (χ0n) is 7.97. The molecule has 2 nitrogen and oxygen atoms in total. The smallest absolute Gasteiger partial charge is 0.129 e. The van der Waals surface area contributed by atoms with Crippen molar-refractivity contribution in [2.75, 3.05) is 0 Å². The molecule has 1 heterocycles. The fourth-order valence-corrected chi connectivity index (χ4v) is 1.32. The van der Waals surface area contributed by atoms with E-state index in [1.807, 2.05) is 26.8 Å². The van der Waals surface area contributed by atoms with E-state index in [1.54, 1.807) is 6.07 Å². The Morgan fingerprint density at radius 3 is 2.54 bits per heavy atom. The van der Waals surface area contributed by atoms with Crippen molar-refractivity contribution in [3.63, 3.8) is 0 Å². The summed E-state index contributed by atoms with van der Waals surface area (Å²) in [6.45, 7) is 5.56. The first kappa shape index (κ1) is 10.2. The quantitative estimate of drug-likeness (QED) is 0.539. The lowest BCUT2D eigenvalue weighted by molar-refractivity contribution is -0.111. The molecule has 0 fully saturated rings. The number of rotatable bonds is 2. The molecule has 0 N–H and O–H groups in total. The summed E-state index contributed by atoms with van der Waals surface area (Å²) in [5.74, 6) is 0. The van der Waals surface area contributed by atoms with E-state index in [0.717, 1.165) is 17.5 Å². The minimum absolute atomic E-state index is 0.435. The number of aromatic nitrogens is 1. The van der Waals surface area contributed by atoms with E-state index in [9.17, 15) is 4.79 Å². The molecule has 0 saturated carbocycles. The van der Waals surface area contributed by atoms with Gasteiger partial charge in [-0.25, -0.2) is 4.98 Å². The SMILES string of the molecule is Cc1cc(C(C)(C)C=O)cc(Cl)n1. The average Bonchev–Trinajstić information content (AvgIpc) is 2.02. The first-order chi connectivity index (χ1) is 5.95.